The molecule has 1 amide bonds. The second-order valence-electron chi connectivity index (χ2n) is 7.59. The van der Waals surface area contributed by atoms with Crippen molar-refractivity contribution in [2.45, 2.75) is 38.1 Å². The maximum Gasteiger partial charge on any atom is 0.242 e. The quantitative estimate of drug-likeness (QED) is 0.484. The first-order valence-corrected chi connectivity index (χ1v) is 12.1. The van der Waals surface area contributed by atoms with Crippen LogP contribution in [0.2, 0.25) is 0 Å². The molecule has 0 aromatic heterocycles. The molecule has 0 radical (unpaired) electrons. The minimum absolute atomic E-state index is 0.214. The molecule has 3 rings (SSSR count). The van der Waals surface area contributed by atoms with E-state index in [0.29, 0.717) is 16.8 Å². The van der Waals surface area contributed by atoms with E-state index in [9.17, 15) is 13.2 Å². The third-order valence-corrected chi connectivity index (χ3v) is 7.13. The van der Waals surface area contributed by atoms with Gasteiger partial charge in [0.15, 0.2) is 0 Å². The van der Waals surface area contributed by atoms with Gasteiger partial charge in [-0.15, -0.1) is 0 Å². The van der Waals surface area contributed by atoms with E-state index >= 15 is 0 Å². The molecule has 0 heterocycles. The van der Waals surface area contributed by atoms with Crippen molar-refractivity contribution in [3.05, 3.63) is 93.5 Å². The van der Waals surface area contributed by atoms with Gasteiger partial charge in [0.25, 0.3) is 0 Å². The molecule has 3 aromatic carbocycles. The van der Waals surface area contributed by atoms with Gasteiger partial charge in [-0.2, -0.15) is 4.72 Å². The van der Waals surface area contributed by atoms with Gasteiger partial charge in [-0.3, -0.25) is 4.79 Å². The Hall–Kier alpha value is -2.48. The Morgan fingerprint density at radius 2 is 1.58 bits per heavy atom. The van der Waals surface area contributed by atoms with Gasteiger partial charge in [0.1, 0.15) is 6.04 Å². The van der Waals surface area contributed by atoms with Crippen LogP contribution in [0.5, 0.6) is 0 Å². The lowest BCUT2D eigenvalue weighted by Crippen LogP contribution is -2.45. The summed E-state index contributed by atoms with van der Waals surface area (Å²) in [6.45, 7) is 5.46. The highest BCUT2D eigenvalue weighted by Crippen LogP contribution is 2.23. The summed E-state index contributed by atoms with van der Waals surface area (Å²) < 4.78 is 30.1. The third kappa shape index (κ3) is 6.03. The summed E-state index contributed by atoms with van der Waals surface area (Å²) >= 11 is 3.38. The van der Waals surface area contributed by atoms with Gasteiger partial charge in [0, 0.05) is 10.2 Å². The first-order chi connectivity index (χ1) is 14.7. The van der Waals surface area contributed by atoms with Gasteiger partial charge >= 0.3 is 0 Å². The van der Waals surface area contributed by atoms with Crippen LogP contribution in [-0.2, 0) is 21.2 Å². The molecule has 0 saturated heterocycles. The normalized spacial score (nSPS) is 12.4. The van der Waals surface area contributed by atoms with Crippen molar-refractivity contribution < 1.29 is 13.2 Å². The number of nitrogens with one attached hydrogen (secondary N) is 2. The number of carbonyl (C=O) groups is 1. The fourth-order valence-electron chi connectivity index (χ4n) is 3.67. The number of rotatable bonds is 7. The third-order valence-electron chi connectivity index (χ3n) is 4.86. The van der Waals surface area contributed by atoms with Crippen molar-refractivity contribution >= 4 is 37.5 Å². The van der Waals surface area contributed by atoms with E-state index < -0.39 is 22.0 Å². The Bertz CT molecular complexity index is 1170. The van der Waals surface area contributed by atoms with E-state index in [1.807, 2.05) is 55.5 Å². The summed E-state index contributed by atoms with van der Waals surface area (Å²) in [6.07, 6.45) is 0.226. The van der Waals surface area contributed by atoms with E-state index in [1.165, 1.54) is 0 Å². The summed E-state index contributed by atoms with van der Waals surface area (Å²) in [7, 11) is -3.92. The highest BCUT2D eigenvalue weighted by Gasteiger charge is 2.28. The lowest BCUT2D eigenvalue weighted by atomic mass is 10.1. The molecule has 5 nitrogen and oxygen atoms in total. The highest BCUT2D eigenvalue weighted by molar-refractivity contribution is 9.10. The van der Waals surface area contributed by atoms with Crippen LogP contribution < -0.4 is 10.0 Å². The smallest absolute Gasteiger partial charge is 0.242 e. The molecular weight excluding hydrogens is 476 g/mol. The van der Waals surface area contributed by atoms with Crippen LogP contribution in [0.15, 0.2) is 76.1 Å². The summed E-state index contributed by atoms with van der Waals surface area (Å²) in [4.78, 5) is 13.3. The summed E-state index contributed by atoms with van der Waals surface area (Å²) in [5.41, 5.74) is 3.73. The first-order valence-electron chi connectivity index (χ1n) is 9.86. The molecular formula is C24H25BrN2O3S. The molecule has 0 fully saturated rings. The number of benzene rings is 3. The predicted molar refractivity (Wildman–Crippen MR) is 128 cm³/mol. The number of amides is 1. The fraction of sp³-hybridized carbons (Fsp3) is 0.208. The number of halogens is 1. The Morgan fingerprint density at radius 3 is 2.19 bits per heavy atom. The lowest BCUT2D eigenvalue weighted by molar-refractivity contribution is -0.117. The maximum atomic E-state index is 13.3. The van der Waals surface area contributed by atoms with Gasteiger partial charge in [0.05, 0.1) is 4.90 Å². The van der Waals surface area contributed by atoms with E-state index in [-0.39, 0.29) is 11.3 Å². The summed E-state index contributed by atoms with van der Waals surface area (Å²) in [5, 5.41) is 2.82. The molecule has 0 aliphatic rings. The molecule has 162 valence electrons. The molecule has 2 N–H and O–H groups in total. The van der Waals surface area contributed by atoms with Gasteiger partial charge in [0.2, 0.25) is 15.9 Å². The standard InChI is InChI=1S/C24H25BrN2O3S/c1-16-12-17(2)23(18(3)13-16)31(29,30)27-22(14-19-8-5-4-6-9-19)24(28)26-21-11-7-10-20(25)15-21/h4-13,15,22,27H,14H2,1-3H3,(H,26,28)/t22-/m1/s1. The van der Waals surface area contributed by atoms with E-state index in [1.54, 1.807) is 32.0 Å². The van der Waals surface area contributed by atoms with Crippen LogP contribution >= 0.6 is 15.9 Å². The number of aryl methyl sites for hydroxylation is 3. The minimum atomic E-state index is -3.92. The zero-order valence-corrected chi connectivity index (χ0v) is 20.0. The average molecular weight is 501 g/mol. The second-order valence-corrected chi connectivity index (χ2v) is 10.2. The Kier molecular flexibility index (Phi) is 7.30. The Balaban J connectivity index is 1.93. The molecule has 0 aliphatic heterocycles. The van der Waals surface area contributed by atoms with Crippen LogP contribution in [0, 0.1) is 20.8 Å². The van der Waals surface area contributed by atoms with Gasteiger partial charge in [-0.05, 0) is 62.1 Å². The zero-order chi connectivity index (χ0) is 22.6. The highest BCUT2D eigenvalue weighted by atomic mass is 79.9. The molecule has 1 atom stereocenters. The van der Waals surface area contributed by atoms with Gasteiger partial charge in [-0.1, -0.05) is 70.0 Å². The van der Waals surface area contributed by atoms with Crippen molar-refractivity contribution in [3.63, 3.8) is 0 Å². The Labute approximate surface area is 192 Å². The largest absolute Gasteiger partial charge is 0.325 e. The molecule has 31 heavy (non-hydrogen) atoms. The number of hydrogen-bond donors (Lipinski definition) is 2. The predicted octanol–water partition coefficient (Wildman–Crippen LogP) is 4.90. The molecule has 7 heteroatoms. The van der Waals surface area contributed by atoms with Crippen molar-refractivity contribution in [1.29, 1.82) is 0 Å². The second kappa shape index (κ2) is 9.77. The molecule has 0 spiro atoms. The Morgan fingerprint density at radius 1 is 0.935 bits per heavy atom. The maximum absolute atomic E-state index is 13.3. The fourth-order valence-corrected chi connectivity index (χ4v) is 5.72. The zero-order valence-electron chi connectivity index (χ0n) is 17.6. The number of sulfonamides is 1. The van der Waals surface area contributed by atoms with Crippen molar-refractivity contribution in [2.75, 3.05) is 5.32 Å². The molecule has 0 unspecified atom stereocenters. The van der Waals surface area contributed by atoms with Crippen LogP contribution in [-0.4, -0.2) is 20.4 Å². The lowest BCUT2D eigenvalue weighted by Gasteiger charge is -2.21. The number of anilines is 1. The van der Waals surface area contributed by atoms with Gasteiger partial charge < -0.3 is 5.32 Å². The van der Waals surface area contributed by atoms with Crippen LogP contribution in [0.25, 0.3) is 0 Å². The van der Waals surface area contributed by atoms with Crippen molar-refractivity contribution in [3.8, 4) is 0 Å². The van der Waals surface area contributed by atoms with Crippen LogP contribution in [0.1, 0.15) is 22.3 Å². The topological polar surface area (TPSA) is 75.3 Å². The van der Waals surface area contributed by atoms with Gasteiger partial charge in [-0.25, -0.2) is 8.42 Å². The molecule has 3 aromatic rings. The van der Waals surface area contributed by atoms with E-state index in [2.05, 4.69) is 26.0 Å². The number of hydrogen-bond acceptors (Lipinski definition) is 3. The first kappa shape index (κ1) is 23.2. The van der Waals surface area contributed by atoms with Crippen LogP contribution in [0.3, 0.4) is 0 Å². The molecule has 0 saturated carbocycles. The minimum Gasteiger partial charge on any atom is -0.325 e. The summed E-state index contributed by atoms with van der Waals surface area (Å²) in [5.74, 6) is -0.423. The van der Waals surface area contributed by atoms with Crippen LogP contribution in [0.4, 0.5) is 5.69 Å². The SMILES string of the molecule is Cc1cc(C)c(S(=O)(=O)N[C@H](Cc2ccccc2)C(=O)Nc2cccc(Br)c2)c(C)c1. The van der Waals surface area contributed by atoms with E-state index in [4.69, 9.17) is 0 Å². The molecule has 0 bridgehead atoms. The average Bonchev–Trinajstić information content (AvgIpc) is 2.67. The number of carbonyl (C=O) groups excluding carboxylic acids is 1. The van der Waals surface area contributed by atoms with E-state index in [0.717, 1.165) is 15.6 Å². The summed E-state index contributed by atoms with van der Waals surface area (Å²) in [6, 6.07) is 19.2. The van der Waals surface area contributed by atoms with Crippen molar-refractivity contribution in [1.82, 2.24) is 4.72 Å². The molecule has 0 aliphatic carbocycles. The van der Waals surface area contributed by atoms with Crippen molar-refractivity contribution in [2.24, 2.45) is 0 Å². The monoisotopic (exact) mass is 500 g/mol.